The van der Waals surface area contributed by atoms with Gasteiger partial charge in [0.15, 0.2) is 0 Å². The van der Waals surface area contributed by atoms with Crippen LogP contribution < -0.4 is 10.6 Å². The highest BCUT2D eigenvalue weighted by Gasteiger charge is 2.42. The molecule has 3 fully saturated rings. The van der Waals surface area contributed by atoms with E-state index >= 15 is 0 Å². The molecule has 5 aliphatic rings. The molecule has 3 heterocycles. The molecular weight excluding hydrogens is 747 g/mol. The zero-order chi connectivity index (χ0) is 41.8. The Hall–Kier alpha value is -5.23. The van der Waals surface area contributed by atoms with Crippen LogP contribution in [0.25, 0.3) is 22.3 Å². The van der Waals surface area contributed by atoms with Gasteiger partial charge in [-0.25, -0.2) is 9.59 Å². The lowest BCUT2D eigenvalue weighted by Gasteiger charge is -2.32. The van der Waals surface area contributed by atoms with Gasteiger partial charge in [0.25, 0.3) is 0 Å². The Morgan fingerprint density at radius 3 is 1.76 bits per heavy atom. The molecule has 2 aromatic carbocycles. The molecule has 1 saturated carbocycles. The summed E-state index contributed by atoms with van der Waals surface area (Å²) >= 11 is 0. The van der Waals surface area contributed by atoms with Gasteiger partial charge in [-0.15, -0.1) is 0 Å². The van der Waals surface area contributed by atoms with Crippen LogP contribution in [-0.4, -0.2) is 104 Å². The number of nitrogens with zero attached hydrogens (tertiary/aromatic N) is 3. The summed E-state index contributed by atoms with van der Waals surface area (Å²) in [6.45, 7) is 6.97. The number of benzene rings is 2. The van der Waals surface area contributed by atoms with Crippen LogP contribution in [0, 0.1) is 5.92 Å². The average Bonchev–Trinajstić information content (AvgIpc) is 4.10. The molecule has 2 saturated heterocycles. The highest BCUT2D eigenvalue weighted by Crippen LogP contribution is 2.49. The van der Waals surface area contributed by atoms with Crippen molar-refractivity contribution in [2.75, 3.05) is 34.4 Å². The number of carbonyl (C=O) groups excluding carboxylic acids is 4. The van der Waals surface area contributed by atoms with Gasteiger partial charge >= 0.3 is 12.2 Å². The monoisotopic (exact) mass is 805 g/mol. The van der Waals surface area contributed by atoms with Gasteiger partial charge in [-0.1, -0.05) is 62.4 Å². The Morgan fingerprint density at radius 1 is 0.644 bits per heavy atom. The van der Waals surface area contributed by atoms with Crippen molar-refractivity contribution in [2.45, 2.75) is 115 Å². The van der Waals surface area contributed by atoms with Crippen molar-refractivity contribution in [1.29, 1.82) is 0 Å². The van der Waals surface area contributed by atoms with Crippen LogP contribution >= 0.6 is 0 Å². The molecule has 0 aromatic heterocycles. The molecule has 5 atom stereocenters. The summed E-state index contributed by atoms with van der Waals surface area (Å²) in [5.74, 6) is -0.280. The van der Waals surface area contributed by atoms with Gasteiger partial charge < -0.3 is 34.6 Å². The number of aliphatic imine (C=N–C) groups is 1. The summed E-state index contributed by atoms with van der Waals surface area (Å²) in [4.78, 5) is 60.5. The first-order chi connectivity index (χ1) is 28.5. The summed E-state index contributed by atoms with van der Waals surface area (Å²) in [5.41, 5.74) is 12.4. The van der Waals surface area contributed by atoms with Gasteiger partial charge in [0.05, 0.1) is 32.4 Å². The minimum atomic E-state index is -0.861. The van der Waals surface area contributed by atoms with Crippen LogP contribution in [0.1, 0.15) is 96.1 Å². The second-order valence-corrected chi connectivity index (χ2v) is 16.7. The zero-order valence-electron chi connectivity index (χ0n) is 35.3. The van der Waals surface area contributed by atoms with Crippen LogP contribution in [0.4, 0.5) is 9.59 Å². The number of amides is 4. The van der Waals surface area contributed by atoms with Crippen molar-refractivity contribution in [3.05, 3.63) is 82.6 Å². The van der Waals surface area contributed by atoms with Gasteiger partial charge in [-0.05, 0) is 121 Å². The Balaban J connectivity index is 1.00. The predicted octanol–water partition coefficient (Wildman–Crippen LogP) is 7.69. The standard InChI is InChI=1S/C47H59N5O7/c1-28(2)42(49-46(55)58-5)44(53)51-23-9-13-40(51)38-26-37(35-11-7-8-12-36(35)38)33-21-19-31(20-22-33)30-15-17-32(18-16-30)34-25-39(48-27-34)41-14-10-24-52(41)45(54)43(29(3)57-4)50-47(56)59-6/h15-22,27-29,40-43H,7-14,23-26H2,1-6H3,(H,49,55)(H,50,56)/t29-,40+,41+,42+,43+/m1/s1. The zero-order valence-corrected chi connectivity index (χ0v) is 35.3. The van der Waals surface area contributed by atoms with E-state index in [1.807, 2.05) is 29.8 Å². The van der Waals surface area contributed by atoms with Crippen LogP contribution in [0.2, 0.25) is 0 Å². The number of ether oxygens (including phenoxy) is 3. The lowest BCUT2D eigenvalue weighted by molar-refractivity contribution is -0.136. The molecule has 0 unspecified atom stereocenters. The molecule has 0 bridgehead atoms. The maximum absolute atomic E-state index is 14.0. The quantitative estimate of drug-likeness (QED) is 0.224. The van der Waals surface area contributed by atoms with Crippen molar-refractivity contribution < 1.29 is 33.4 Å². The highest BCUT2D eigenvalue weighted by molar-refractivity contribution is 6.04. The Labute approximate surface area is 348 Å². The molecule has 0 spiro atoms. The van der Waals surface area contributed by atoms with E-state index in [0.717, 1.165) is 79.3 Å². The molecule has 2 aliphatic carbocycles. The number of hydrogen-bond acceptors (Lipinski definition) is 8. The molecule has 4 amide bonds. The maximum atomic E-state index is 14.0. The van der Waals surface area contributed by atoms with Crippen molar-refractivity contribution in [3.63, 3.8) is 0 Å². The van der Waals surface area contributed by atoms with Gasteiger partial charge in [0.2, 0.25) is 11.8 Å². The molecule has 59 heavy (non-hydrogen) atoms. The molecule has 7 rings (SSSR count). The molecule has 0 radical (unpaired) electrons. The van der Waals surface area contributed by atoms with Gasteiger partial charge in [-0.2, -0.15) is 0 Å². The average molecular weight is 806 g/mol. The number of rotatable bonds is 12. The van der Waals surface area contributed by atoms with Crippen molar-refractivity contribution in [1.82, 2.24) is 20.4 Å². The van der Waals surface area contributed by atoms with Gasteiger partial charge in [-0.3, -0.25) is 14.6 Å². The van der Waals surface area contributed by atoms with E-state index in [1.54, 1.807) is 6.92 Å². The number of hydrogen-bond donors (Lipinski definition) is 2. The second kappa shape index (κ2) is 18.4. The van der Waals surface area contributed by atoms with Crippen molar-refractivity contribution in [2.24, 2.45) is 10.9 Å². The number of fused-ring (bicyclic) bond motifs is 1. The SMILES string of the molecule is COC(=O)N[C@H](C(=O)N1CCC[C@H]1C1=C2CCCCC2=C(c2ccc(-c3ccc(C4=CN=C([C@@H]5CCCN5C(=O)[C@@H](NC(=O)OC)[C@@H](C)OC)C4)cc3)cc2)C1)C(C)C. The first-order valence-electron chi connectivity index (χ1n) is 21.3. The highest BCUT2D eigenvalue weighted by atomic mass is 16.5. The largest absolute Gasteiger partial charge is 0.453 e. The number of likely N-dealkylation sites (tertiary alicyclic amines) is 2. The number of allylic oxidation sites excluding steroid dienone is 4. The number of carbonyl (C=O) groups is 4. The number of methoxy groups -OCH3 is 3. The molecule has 314 valence electrons. The third kappa shape index (κ3) is 8.74. The van der Waals surface area contributed by atoms with Crippen molar-refractivity contribution >= 4 is 40.9 Å². The molecule has 12 heteroatoms. The lowest BCUT2D eigenvalue weighted by Crippen LogP contribution is -2.56. The predicted molar refractivity (Wildman–Crippen MR) is 228 cm³/mol. The van der Waals surface area contributed by atoms with E-state index in [9.17, 15) is 19.2 Å². The summed E-state index contributed by atoms with van der Waals surface area (Å²) in [6.07, 6.45) is 9.68. The van der Waals surface area contributed by atoms with Crippen LogP contribution in [0.3, 0.4) is 0 Å². The summed E-state index contributed by atoms with van der Waals surface area (Å²) < 4.78 is 15.1. The molecule has 3 aliphatic heterocycles. The fourth-order valence-corrected chi connectivity index (χ4v) is 9.69. The normalized spacial score (nSPS) is 21.9. The lowest BCUT2D eigenvalue weighted by atomic mass is 9.86. The Bertz CT molecular complexity index is 2050. The van der Waals surface area contributed by atoms with E-state index in [2.05, 4.69) is 59.2 Å². The summed E-state index contributed by atoms with van der Waals surface area (Å²) in [7, 11) is 4.13. The van der Waals surface area contributed by atoms with E-state index in [-0.39, 0.29) is 29.8 Å². The fraction of sp³-hybridized carbons (Fsp3) is 0.511. The van der Waals surface area contributed by atoms with Crippen LogP contribution in [-0.2, 0) is 23.8 Å². The molecule has 2 aromatic rings. The Kier molecular flexibility index (Phi) is 13.0. The number of nitrogens with one attached hydrogen (secondary N) is 2. The molecular formula is C47H59N5O7. The summed E-state index contributed by atoms with van der Waals surface area (Å²) in [5, 5.41) is 5.45. The van der Waals surface area contributed by atoms with Crippen LogP contribution in [0.15, 0.2) is 76.4 Å². The van der Waals surface area contributed by atoms with E-state index < -0.39 is 30.4 Å². The third-order valence-electron chi connectivity index (χ3n) is 13.0. The third-order valence-corrected chi connectivity index (χ3v) is 13.0. The first kappa shape index (κ1) is 41.9. The molecule has 12 nitrogen and oxygen atoms in total. The first-order valence-corrected chi connectivity index (χ1v) is 21.3. The second-order valence-electron chi connectivity index (χ2n) is 16.7. The van der Waals surface area contributed by atoms with Crippen LogP contribution in [0.5, 0.6) is 0 Å². The number of alkyl carbamates (subject to hydrolysis) is 2. The molecule has 2 N–H and O–H groups in total. The van der Waals surface area contributed by atoms with E-state index in [0.29, 0.717) is 19.5 Å². The van der Waals surface area contributed by atoms with E-state index in [1.165, 1.54) is 55.6 Å². The Morgan fingerprint density at radius 2 is 1.17 bits per heavy atom. The fourth-order valence-electron chi connectivity index (χ4n) is 9.69. The summed E-state index contributed by atoms with van der Waals surface area (Å²) in [6, 6.07) is 16.0. The topological polar surface area (TPSA) is 139 Å². The smallest absolute Gasteiger partial charge is 0.407 e. The minimum Gasteiger partial charge on any atom is -0.453 e. The maximum Gasteiger partial charge on any atom is 0.407 e. The van der Waals surface area contributed by atoms with Gasteiger partial charge in [0, 0.05) is 38.5 Å². The van der Waals surface area contributed by atoms with Crippen molar-refractivity contribution in [3.8, 4) is 11.1 Å². The minimum absolute atomic E-state index is 0.0238. The van der Waals surface area contributed by atoms with Gasteiger partial charge in [0.1, 0.15) is 12.1 Å². The van der Waals surface area contributed by atoms with E-state index in [4.69, 9.17) is 19.2 Å².